The van der Waals surface area contributed by atoms with Crippen molar-refractivity contribution in [2.75, 3.05) is 13.1 Å². The van der Waals surface area contributed by atoms with Gasteiger partial charge in [-0.15, -0.1) is 0 Å². The van der Waals surface area contributed by atoms with Crippen LogP contribution in [0.15, 0.2) is 24.3 Å². The predicted octanol–water partition coefficient (Wildman–Crippen LogP) is 3.27. The summed E-state index contributed by atoms with van der Waals surface area (Å²) < 4.78 is 11.3. The second-order valence-electron chi connectivity index (χ2n) is 6.02. The maximum atomic E-state index is 11.9. The van der Waals surface area contributed by atoms with Gasteiger partial charge in [0.05, 0.1) is 0 Å². The molecule has 1 fully saturated rings. The Hall–Kier alpha value is -1.71. The standard InChI is InChI=1S/C16H22NO3/c1-16(2,3)20-15(18)17-11-9-14(10-12-17)19-13-7-5-4-6-8-13/h5-8,14H,9-12H2,1-3H3. The summed E-state index contributed by atoms with van der Waals surface area (Å²) in [5.41, 5.74) is -0.440. The molecule has 1 radical (unpaired) electrons. The Morgan fingerprint density at radius 2 is 1.85 bits per heavy atom. The highest BCUT2D eigenvalue weighted by molar-refractivity contribution is 5.68. The molecule has 1 aromatic carbocycles. The van der Waals surface area contributed by atoms with Gasteiger partial charge in [0.25, 0.3) is 0 Å². The lowest BCUT2D eigenvalue weighted by Gasteiger charge is -2.33. The van der Waals surface area contributed by atoms with Crippen molar-refractivity contribution in [3.8, 4) is 5.75 Å². The molecule has 0 aliphatic carbocycles. The van der Waals surface area contributed by atoms with Crippen molar-refractivity contribution in [3.63, 3.8) is 0 Å². The second-order valence-corrected chi connectivity index (χ2v) is 6.02. The number of hydrogen-bond donors (Lipinski definition) is 0. The van der Waals surface area contributed by atoms with E-state index in [1.54, 1.807) is 4.90 Å². The van der Waals surface area contributed by atoms with Crippen LogP contribution >= 0.6 is 0 Å². The third-order valence-corrected chi connectivity index (χ3v) is 3.08. The summed E-state index contributed by atoms with van der Waals surface area (Å²) >= 11 is 0. The number of benzene rings is 1. The van der Waals surface area contributed by atoms with Crippen molar-refractivity contribution in [1.29, 1.82) is 0 Å². The average molecular weight is 276 g/mol. The average Bonchev–Trinajstić information content (AvgIpc) is 2.39. The van der Waals surface area contributed by atoms with E-state index in [9.17, 15) is 4.79 Å². The fourth-order valence-electron chi connectivity index (χ4n) is 2.13. The molecule has 1 aliphatic rings. The molecule has 1 aliphatic heterocycles. The monoisotopic (exact) mass is 276 g/mol. The molecule has 0 bridgehead atoms. The first-order valence-electron chi connectivity index (χ1n) is 7.05. The fraction of sp³-hybridized carbons (Fsp3) is 0.562. The van der Waals surface area contributed by atoms with Crippen LogP contribution in [0.25, 0.3) is 0 Å². The molecule has 2 rings (SSSR count). The van der Waals surface area contributed by atoms with Crippen molar-refractivity contribution < 1.29 is 14.3 Å². The molecule has 0 N–H and O–H groups in total. The van der Waals surface area contributed by atoms with E-state index in [4.69, 9.17) is 9.47 Å². The lowest BCUT2D eigenvalue weighted by Crippen LogP contribution is -2.44. The predicted molar refractivity (Wildman–Crippen MR) is 76.7 cm³/mol. The summed E-state index contributed by atoms with van der Waals surface area (Å²) in [7, 11) is 0. The number of nitrogens with zero attached hydrogens (tertiary/aromatic N) is 1. The van der Waals surface area contributed by atoms with Crippen LogP contribution in [0, 0.1) is 6.07 Å². The first-order chi connectivity index (χ1) is 9.44. The molecule has 1 aromatic rings. The molecule has 1 heterocycles. The van der Waals surface area contributed by atoms with Crippen LogP contribution in [0.3, 0.4) is 0 Å². The van der Waals surface area contributed by atoms with Crippen LogP contribution in [-0.2, 0) is 4.74 Å². The van der Waals surface area contributed by atoms with E-state index in [-0.39, 0.29) is 12.2 Å². The van der Waals surface area contributed by atoms with Crippen molar-refractivity contribution in [2.45, 2.75) is 45.3 Å². The number of ether oxygens (including phenoxy) is 2. The van der Waals surface area contributed by atoms with Crippen molar-refractivity contribution >= 4 is 6.09 Å². The largest absolute Gasteiger partial charge is 0.490 e. The Morgan fingerprint density at radius 1 is 1.25 bits per heavy atom. The fourth-order valence-corrected chi connectivity index (χ4v) is 2.13. The van der Waals surface area contributed by atoms with Gasteiger partial charge in [-0.3, -0.25) is 0 Å². The van der Waals surface area contributed by atoms with Crippen molar-refractivity contribution in [3.05, 3.63) is 30.3 Å². The molecule has 20 heavy (non-hydrogen) atoms. The van der Waals surface area contributed by atoms with Gasteiger partial charge in [0.2, 0.25) is 0 Å². The highest BCUT2D eigenvalue weighted by Gasteiger charge is 2.27. The summed E-state index contributed by atoms with van der Waals surface area (Å²) in [6.07, 6.45) is 1.59. The van der Waals surface area contributed by atoms with Crippen LogP contribution in [0.1, 0.15) is 33.6 Å². The molecule has 109 valence electrons. The smallest absolute Gasteiger partial charge is 0.410 e. The molecule has 1 saturated heterocycles. The van der Waals surface area contributed by atoms with Gasteiger partial charge in [-0.1, -0.05) is 12.1 Å². The zero-order valence-corrected chi connectivity index (χ0v) is 12.4. The maximum absolute atomic E-state index is 11.9. The van der Waals surface area contributed by atoms with Gasteiger partial charge in [-0.2, -0.15) is 0 Å². The molecule has 4 heteroatoms. The molecule has 0 aromatic heterocycles. The molecule has 0 unspecified atom stereocenters. The minimum atomic E-state index is -0.440. The quantitative estimate of drug-likeness (QED) is 0.832. The zero-order chi connectivity index (χ0) is 14.6. The van der Waals surface area contributed by atoms with Gasteiger partial charge in [0.15, 0.2) is 0 Å². The Morgan fingerprint density at radius 3 is 2.40 bits per heavy atom. The number of amides is 1. The SMILES string of the molecule is CC(C)(C)OC(=O)N1CCC(Oc2cc[c]cc2)CC1. The Labute approximate surface area is 120 Å². The number of rotatable bonds is 2. The van der Waals surface area contributed by atoms with E-state index in [0.717, 1.165) is 18.6 Å². The van der Waals surface area contributed by atoms with E-state index < -0.39 is 5.60 Å². The molecule has 0 spiro atoms. The Bertz CT molecular complexity index is 431. The summed E-state index contributed by atoms with van der Waals surface area (Å²) in [5, 5.41) is 0. The van der Waals surface area contributed by atoms with Gasteiger partial charge in [0, 0.05) is 25.9 Å². The zero-order valence-electron chi connectivity index (χ0n) is 12.4. The van der Waals surface area contributed by atoms with Gasteiger partial charge in [0.1, 0.15) is 17.5 Å². The topological polar surface area (TPSA) is 38.8 Å². The van der Waals surface area contributed by atoms with Crippen LogP contribution in [-0.4, -0.2) is 35.8 Å². The highest BCUT2D eigenvalue weighted by Crippen LogP contribution is 2.20. The molecular formula is C16H22NO3. The normalized spacial score (nSPS) is 16.9. The molecule has 0 saturated carbocycles. The van der Waals surface area contributed by atoms with Crippen molar-refractivity contribution in [1.82, 2.24) is 4.90 Å². The summed E-state index contributed by atoms with van der Waals surface area (Å²) in [5.74, 6) is 0.861. The van der Waals surface area contributed by atoms with Gasteiger partial charge < -0.3 is 14.4 Å². The Kier molecular flexibility index (Phi) is 4.53. The molecule has 1 amide bonds. The minimum absolute atomic E-state index is 0.163. The molecule has 0 atom stereocenters. The highest BCUT2D eigenvalue weighted by atomic mass is 16.6. The first-order valence-corrected chi connectivity index (χ1v) is 7.05. The van der Waals surface area contributed by atoms with Gasteiger partial charge in [-0.05, 0) is 39.0 Å². The van der Waals surface area contributed by atoms with Crippen LogP contribution in [0.5, 0.6) is 5.75 Å². The summed E-state index contributed by atoms with van der Waals surface area (Å²) in [4.78, 5) is 13.7. The van der Waals surface area contributed by atoms with E-state index in [2.05, 4.69) is 6.07 Å². The van der Waals surface area contributed by atoms with Gasteiger partial charge >= 0.3 is 6.09 Å². The molecule has 4 nitrogen and oxygen atoms in total. The van der Waals surface area contributed by atoms with E-state index in [0.29, 0.717) is 13.1 Å². The number of carbonyl (C=O) groups excluding carboxylic acids is 1. The van der Waals surface area contributed by atoms with Crippen LogP contribution in [0.2, 0.25) is 0 Å². The summed E-state index contributed by atoms with van der Waals surface area (Å²) in [6.45, 7) is 7.00. The third-order valence-electron chi connectivity index (χ3n) is 3.08. The third kappa shape index (κ3) is 4.44. The van der Waals surface area contributed by atoms with Crippen LogP contribution in [0.4, 0.5) is 4.79 Å². The maximum Gasteiger partial charge on any atom is 0.410 e. The number of piperidine rings is 1. The van der Waals surface area contributed by atoms with E-state index in [1.165, 1.54) is 0 Å². The van der Waals surface area contributed by atoms with E-state index in [1.807, 2.05) is 45.0 Å². The van der Waals surface area contributed by atoms with E-state index >= 15 is 0 Å². The lowest BCUT2D eigenvalue weighted by atomic mass is 10.1. The number of likely N-dealkylation sites (tertiary alicyclic amines) is 1. The number of hydrogen-bond acceptors (Lipinski definition) is 3. The first kappa shape index (κ1) is 14.7. The lowest BCUT2D eigenvalue weighted by molar-refractivity contribution is 0.0126. The summed E-state index contributed by atoms with van der Waals surface area (Å²) in [6, 6.07) is 10.4. The van der Waals surface area contributed by atoms with Crippen molar-refractivity contribution in [2.24, 2.45) is 0 Å². The second kappa shape index (κ2) is 6.16. The minimum Gasteiger partial charge on any atom is -0.490 e. The van der Waals surface area contributed by atoms with Crippen LogP contribution < -0.4 is 4.74 Å². The van der Waals surface area contributed by atoms with Gasteiger partial charge in [-0.25, -0.2) is 4.79 Å². The number of carbonyl (C=O) groups is 1. The Balaban J connectivity index is 1.79. The molecular weight excluding hydrogens is 254 g/mol.